The highest BCUT2D eigenvalue weighted by Crippen LogP contribution is 2.20. The summed E-state index contributed by atoms with van der Waals surface area (Å²) in [5.41, 5.74) is 1.70. The third-order valence-electron chi connectivity index (χ3n) is 5.37. The first-order valence-corrected chi connectivity index (χ1v) is 11.3. The molecule has 0 unspecified atom stereocenters. The van der Waals surface area contributed by atoms with Crippen LogP contribution in [0.15, 0.2) is 56.6 Å². The van der Waals surface area contributed by atoms with Crippen LogP contribution in [0.4, 0.5) is 5.69 Å². The summed E-state index contributed by atoms with van der Waals surface area (Å²) >= 11 is 6.00. The van der Waals surface area contributed by atoms with E-state index in [-0.39, 0.29) is 42.7 Å². The molecule has 1 amide bonds. The molecule has 0 fully saturated rings. The molecular formula is C24H23ClN6O4. The van der Waals surface area contributed by atoms with Crippen LogP contribution >= 0.6 is 11.6 Å². The second-order valence-corrected chi connectivity index (χ2v) is 8.38. The fourth-order valence-electron chi connectivity index (χ4n) is 3.40. The molecule has 2 aromatic carbocycles. The van der Waals surface area contributed by atoms with E-state index in [4.69, 9.17) is 16.1 Å². The molecular weight excluding hydrogens is 472 g/mol. The number of hydrogen-bond donors (Lipinski definition) is 1. The molecule has 4 aromatic rings. The smallest absolute Gasteiger partial charge is 0.339 e. The van der Waals surface area contributed by atoms with Crippen molar-refractivity contribution in [2.24, 2.45) is 0 Å². The van der Waals surface area contributed by atoms with Crippen LogP contribution in [0, 0.1) is 13.8 Å². The third kappa shape index (κ3) is 5.22. The number of benzene rings is 2. The van der Waals surface area contributed by atoms with Gasteiger partial charge in [-0.05, 0) is 50.6 Å². The maximum absolute atomic E-state index is 12.9. The predicted octanol–water partition coefficient (Wildman–Crippen LogP) is 3.31. The first-order chi connectivity index (χ1) is 16.8. The fourth-order valence-corrected chi connectivity index (χ4v) is 3.57. The molecule has 0 spiro atoms. The standard InChI is InChI=1S/C24H23ClN6O4/c1-4-30-23(33)21(28-31(24(30)34)17-9-5-14(2)6-10-17)22-27-20(35-29-22)12-11-19(32)26-18-13-16(25)8-7-15(18)3/h5-10,13H,4,11-12H2,1-3H3,(H,26,32). The molecule has 180 valence electrons. The molecule has 0 aliphatic heterocycles. The van der Waals surface area contributed by atoms with Crippen molar-refractivity contribution in [2.45, 2.75) is 40.2 Å². The summed E-state index contributed by atoms with van der Waals surface area (Å²) < 4.78 is 7.43. The molecule has 0 atom stereocenters. The summed E-state index contributed by atoms with van der Waals surface area (Å²) in [5.74, 6) is -0.149. The highest BCUT2D eigenvalue weighted by Gasteiger charge is 2.20. The van der Waals surface area contributed by atoms with Gasteiger partial charge in [0.1, 0.15) is 0 Å². The van der Waals surface area contributed by atoms with Gasteiger partial charge in [-0.1, -0.05) is 40.5 Å². The van der Waals surface area contributed by atoms with Crippen molar-refractivity contribution >= 4 is 23.2 Å². The number of halogens is 1. The summed E-state index contributed by atoms with van der Waals surface area (Å²) in [7, 11) is 0. The number of carbonyl (C=O) groups is 1. The van der Waals surface area contributed by atoms with E-state index in [0.29, 0.717) is 16.4 Å². The second kappa shape index (κ2) is 10.1. The quantitative estimate of drug-likeness (QED) is 0.417. The van der Waals surface area contributed by atoms with Crippen LogP contribution in [-0.4, -0.2) is 30.4 Å². The number of aryl methyl sites for hydroxylation is 3. The minimum absolute atomic E-state index is 0.0563. The normalized spacial score (nSPS) is 11.0. The maximum Gasteiger partial charge on any atom is 0.352 e. The van der Waals surface area contributed by atoms with E-state index in [9.17, 15) is 14.4 Å². The Morgan fingerprint density at radius 2 is 1.86 bits per heavy atom. The van der Waals surface area contributed by atoms with E-state index in [1.165, 1.54) is 0 Å². The topological polar surface area (TPSA) is 125 Å². The first kappa shape index (κ1) is 24.1. The Morgan fingerprint density at radius 3 is 2.57 bits per heavy atom. The minimum Gasteiger partial charge on any atom is -0.339 e. The van der Waals surface area contributed by atoms with E-state index < -0.39 is 11.2 Å². The molecule has 0 aliphatic carbocycles. The lowest BCUT2D eigenvalue weighted by molar-refractivity contribution is -0.116. The van der Waals surface area contributed by atoms with Gasteiger partial charge in [-0.3, -0.25) is 14.2 Å². The van der Waals surface area contributed by atoms with Gasteiger partial charge in [0.2, 0.25) is 17.6 Å². The Morgan fingerprint density at radius 1 is 1.11 bits per heavy atom. The molecule has 10 nitrogen and oxygen atoms in total. The monoisotopic (exact) mass is 494 g/mol. The van der Waals surface area contributed by atoms with E-state index in [2.05, 4.69) is 20.6 Å². The maximum atomic E-state index is 12.9. The zero-order valence-electron chi connectivity index (χ0n) is 19.4. The van der Waals surface area contributed by atoms with Crippen molar-refractivity contribution in [1.29, 1.82) is 0 Å². The van der Waals surface area contributed by atoms with Crippen molar-refractivity contribution in [1.82, 2.24) is 24.5 Å². The molecule has 4 rings (SSSR count). The molecule has 11 heteroatoms. The van der Waals surface area contributed by atoms with E-state index in [1.807, 2.05) is 32.0 Å². The molecule has 35 heavy (non-hydrogen) atoms. The van der Waals surface area contributed by atoms with Crippen LogP contribution in [0.3, 0.4) is 0 Å². The lowest BCUT2D eigenvalue weighted by Gasteiger charge is -2.09. The van der Waals surface area contributed by atoms with Gasteiger partial charge in [0.25, 0.3) is 5.56 Å². The molecule has 2 aromatic heterocycles. The van der Waals surface area contributed by atoms with Gasteiger partial charge in [0, 0.05) is 30.1 Å². The summed E-state index contributed by atoms with van der Waals surface area (Å²) in [5, 5.41) is 11.4. The van der Waals surface area contributed by atoms with Gasteiger partial charge in [0.15, 0.2) is 5.69 Å². The third-order valence-corrected chi connectivity index (χ3v) is 5.61. The van der Waals surface area contributed by atoms with E-state index >= 15 is 0 Å². The van der Waals surface area contributed by atoms with Gasteiger partial charge in [-0.2, -0.15) is 14.8 Å². The molecule has 0 saturated heterocycles. The second-order valence-electron chi connectivity index (χ2n) is 7.95. The number of amides is 1. The zero-order chi connectivity index (χ0) is 25.1. The molecule has 0 bridgehead atoms. The molecule has 2 heterocycles. The van der Waals surface area contributed by atoms with Crippen LogP contribution in [0.2, 0.25) is 5.02 Å². The summed E-state index contributed by atoms with van der Waals surface area (Å²) in [6, 6.07) is 12.4. The average Bonchev–Trinajstić information content (AvgIpc) is 3.30. The first-order valence-electron chi connectivity index (χ1n) is 11.0. The zero-order valence-corrected chi connectivity index (χ0v) is 20.2. The lowest BCUT2D eigenvalue weighted by Crippen LogP contribution is -2.41. The van der Waals surface area contributed by atoms with Crippen molar-refractivity contribution in [3.8, 4) is 17.2 Å². The highest BCUT2D eigenvalue weighted by atomic mass is 35.5. The Balaban J connectivity index is 1.57. The lowest BCUT2D eigenvalue weighted by atomic mass is 10.2. The summed E-state index contributed by atoms with van der Waals surface area (Å²) in [6.45, 7) is 5.62. The van der Waals surface area contributed by atoms with Crippen LogP contribution < -0.4 is 16.6 Å². The van der Waals surface area contributed by atoms with E-state index in [1.54, 1.807) is 31.2 Å². The van der Waals surface area contributed by atoms with Gasteiger partial charge in [-0.15, -0.1) is 0 Å². The Bertz CT molecular complexity index is 1500. The van der Waals surface area contributed by atoms with Gasteiger partial charge in [-0.25, -0.2) is 4.79 Å². The SMILES string of the molecule is CCn1c(=O)c(-c2noc(CCC(=O)Nc3cc(Cl)ccc3C)n2)nn(-c2ccc(C)cc2)c1=O. The Hall–Kier alpha value is -4.05. The predicted molar refractivity (Wildman–Crippen MR) is 131 cm³/mol. The van der Waals surface area contributed by atoms with Crippen molar-refractivity contribution < 1.29 is 9.32 Å². The largest absolute Gasteiger partial charge is 0.352 e. The van der Waals surface area contributed by atoms with E-state index in [0.717, 1.165) is 20.4 Å². The minimum atomic E-state index is -0.623. The number of anilines is 1. The highest BCUT2D eigenvalue weighted by molar-refractivity contribution is 6.31. The van der Waals surface area contributed by atoms with Crippen LogP contribution in [0.1, 0.15) is 30.4 Å². The van der Waals surface area contributed by atoms with Crippen molar-refractivity contribution in [3.63, 3.8) is 0 Å². The van der Waals surface area contributed by atoms with Crippen LogP contribution in [0.5, 0.6) is 0 Å². The van der Waals surface area contributed by atoms with Crippen LogP contribution in [0.25, 0.3) is 17.2 Å². The summed E-state index contributed by atoms with van der Waals surface area (Å²) in [6.07, 6.45) is 0.223. The number of hydrogen-bond acceptors (Lipinski definition) is 7. The van der Waals surface area contributed by atoms with Crippen LogP contribution in [-0.2, 0) is 17.8 Å². The van der Waals surface area contributed by atoms with Crippen molar-refractivity contribution in [3.05, 3.63) is 85.3 Å². The van der Waals surface area contributed by atoms with Gasteiger partial charge >= 0.3 is 5.69 Å². The Labute approximate surface area is 205 Å². The fraction of sp³-hybridized carbons (Fsp3) is 0.250. The molecule has 0 aliphatic rings. The molecule has 0 radical (unpaired) electrons. The summed E-state index contributed by atoms with van der Waals surface area (Å²) in [4.78, 5) is 42.3. The molecule has 0 saturated carbocycles. The number of nitrogens with one attached hydrogen (secondary N) is 1. The van der Waals surface area contributed by atoms with Crippen molar-refractivity contribution in [2.75, 3.05) is 5.32 Å². The van der Waals surface area contributed by atoms with Gasteiger partial charge in [0.05, 0.1) is 5.69 Å². The van der Waals surface area contributed by atoms with Gasteiger partial charge < -0.3 is 9.84 Å². The number of rotatable bonds is 7. The number of nitrogens with zero attached hydrogens (tertiary/aromatic N) is 5. The Kier molecular flexibility index (Phi) is 6.92. The molecule has 1 N–H and O–H groups in total. The number of carbonyl (C=O) groups excluding carboxylic acids is 1. The number of aromatic nitrogens is 5. The average molecular weight is 495 g/mol.